The fourth-order valence-electron chi connectivity index (χ4n) is 2.10. The quantitative estimate of drug-likeness (QED) is 0.792. The van der Waals surface area contributed by atoms with Crippen molar-refractivity contribution in [2.45, 2.75) is 38.8 Å². The van der Waals surface area contributed by atoms with Gasteiger partial charge in [-0.2, -0.15) is 5.10 Å². The molecule has 0 aliphatic carbocycles. The van der Waals surface area contributed by atoms with Crippen LogP contribution in [0.25, 0.3) is 0 Å². The highest BCUT2D eigenvalue weighted by molar-refractivity contribution is 5.88. The monoisotopic (exact) mass is 316 g/mol. The Balaban J connectivity index is 1.77. The van der Waals surface area contributed by atoms with E-state index in [1.807, 2.05) is 51.1 Å². The predicted octanol–water partition coefficient (Wildman–Crippen LogP) is 2.36. The highest BCUT2D eigenvalue weighted by Gasteiger charge is 2.15. The molecule has 6 nitrogen and oxygen atoms in total. The van der Waals surface area contributed by atoms with E-state index < -0.39 is 6.10 Å². The third kappa shape index (κ3) is 5.41. The maximum atomic E-state index is 11.9. The number of aromatic nitrogens is 2. The van der Waals surface area contributed by atoms with Crippen LogP contribution < -0.4 is 10.6 Å². The van der Waals surface area contributed by atoms with E-state index in [0.29, 0.717) is 12.1 Å². The summed E-state index contributed by atoms with van der Waals surface area (Å²) in [5.74, 6) is 0. The third-order valence-corrected chi connectivity index (χ3v) is 3.34. The van der Waals surface area contributed by atoms with Crippen molar-refractivity contribution in [2.75, 3.05) is 11.9 Å². The first kappa shape index (κ1) is 17.0. The molecule has 1 heterocycles. The summed E-state index contributed by atoms with van der Waals surface area (Å²) in [7, 11) is 0. The summed E-state index contributed by atoms with van der Waals surface area (Å²) in [4.78, 5) is 11.9. The van der Waals surface area contributed by atoms with Crippen molar-refractivity contribution in [2.24, 2.45) is 0 Å². The van der Waals surface area contributed by atoms with Crippen molar-refractivity contribution in [3.05, 3.63) is 48.3 Å². The van der Waals surface area contributed by atoms with Crippen molar-refractivity contribution in [3.8, 4) is 0 Å². The van der Waals surface area contributed by atoms with Gasteiger partial charge in [0, 0.05) is 19.2 Å². The molecule has 0 saturated heterocycles. The highest BCUT2D eigenvalue weighted by atomic mass is 16.3. The molecule has 1 atom stereocenters. The smallest absolute Gasteiger partial charge is 0.319 e. The van der Waals surface area contributed by atoms with E-state index in [-0.39, 0.29) is 18.1 Å². The molecule has 1 aromatic heterocycles. The molecular weight excluding hydrogens is 292 g/mol. The van der Waals surface area contributed by atoms with E-state index in [1.165, 1.54) is 0 Å². The third-order valence-electron chi connectivity index (χ3n) is 3.34. The summed E-state index contributed by atoms with van der Waals surface area (Å²) in [5.41, 5.74) is 1.52. The standard InChI is InChI=1S/C17H24N4O2/c1-17(2,3)21-12-14(10-19-21)20-16(23)18-11-15(22)9-13-7-5-4-6-8-13/h4-8,10,12,15,22H,9,11H2,1-3H3,(H2,18,20,23). The summed E-state index contributed by atoms with van der Waals surface area (Å²) in [6.07, 6.45) is 3.26. The minimum Gasteiger partial charge on any atom is -0.391 e. The van der Waals surface area contributed by atoms with E-state index >= 15 is 0 Å². The average Bonchev–Trinajstić information content (AvgIpc) is 2.95. The molecule has 2 rings (SSSR count). The normalized spacial score (nSPS) is 12.7. The number of carbonyl (C=O) groups is 1. The van der Waals surface area contributed by atoms with Gasteiger partial charge in [-0.3, -0.25) is 4.68 Å². The molecule has 0 aliphatic heterocycles. The van der Waals surface area contributed by atoms with Crippen LogP contribution in [0, 0.1) is 0 Å². The molecule has 0 bridgehead atoms. The minimum absolute atomic E-state index is 0.137. The summed E-state index contributed by atoms with van der Waals surface area (Å²) in [5, 5.41) is 19.6. The Morgan fingerprint density at radius 1 is 1.30 bits per heavy atom. The lowest BCUT2D eigenvalue weighted by Gasteiger charge is -2.18. The van der Waals surface area contributed by atoms with Gasteiger partial charge in [0.05, 0.1) is 23.5 Å². The van der Waals surface area contributed by atoms with E-state index in [4.69, 9.17) is 0 Å². The molecule has 0 fully saturated rings. The lowest BCUT2D eigenvalue weighted by atomic mass is 10.1. The molecule has 3 N–H and O–H groups in total. The van der Waals surface area contributed by atoms with Gasteiger partial charge in [0.2, 0.25) is 0 Å². The van der Waals surface area contributed by atoms with Crippen LogP contribution in [0.1, 0.15) is 26.3 Å². The van der Waals surface area contributed by atoms with Gasteiger partial charge in [0.25, 0.3) is 0 Å². The molecule has 124 valence electrons. The largest absolute Gasteiger partial charge is 0.391 e. The first-order valence-electron chi connectivity index (χ1n) is 7.66. The molecule has 0 aliphatic rings. The molecule has 6 heteroatoms. The second kappa shape index (κ2) is 7.28. The molecule has 1 unspecified atom stereocenters. The van der Waals surface area contributed by atoms with E-state index in [2.05, 4.69) is 15.7 Å². The van der Waals surface area contributed by atoms with Crippen LogP contribution in [0.3, 0.4) is 0 Å². The van der Waals surface area contributed by atoms with Gasteiger partial charge in [-0.15, -0.1) is 0 Å². The first-order valence-corrected chi connectivity index (χ1v) is 7.66. The van der Waals surface area contributed by atoms with Crippen molar-refractivity contribution >= 4 is 11.7 Å². The number of aliphatic hydroxyl groups is 1. The lowest BCUT2D eigenvalue weighted by Crippen LogP contribution is -2.36. The summed E-state index contributed by atoms with van der Waals surface area (Å²) < 4.78 is 1.78. The Bertz CT molecular complexity index is 632. The van der Waals surface area contributed by atoms with Crippen LogP contribution >= 0.6 is 0 Å². The molecule has 0 radical (unpaired) electrons. The number of anilines is 1. The van der Waals surface area contributed by atoms with Crippen LogP contribution in [-0.4, -0.2) is 33.6 Å². The van der Waals surface area contributed by atoms with Crippen LogP contribution in [0.15, 0.2) is 42.7 Å². The van der Waals surface area contributed by atoms with Gasteiger partial charge >= 0.3 is 6.03 Å². The van der Waals surface area contributed by atoms with Gasteiger partial charge in [-0.1, -0.05) is 30.3 Å². The zero-order valence-corrected chi connectivity index (χ0v) is 13.8. The van der Waals surface area contributed by atoms with Gasteiger partial charge in [-0.05, 0) is 26.3 Å². The number of rotatable bonds is 5. The number of aliphatic hydroxyl groups excluding tert-OH is 1. The number of urea groups is 1. The number of hydrogen-bond donors (Lipinski definition) is 3. The second-order valence-electron chi connectivity index (χ2n) is 6.52. The van der Waals surface area contributed by atoms with Crippen molar-refractivity contribution < 1.29 is 9.90 Å². The first-order chi connectivity index (χ1) is 10.8. The Morgan fingerprint density at radius 3 is 2.61 bits per heavy atom. The van der Waals surface area contributed by atoms with E-state index in [0.717, 1.165) is 5.56 Å². The number of nitrogens with zero attached hydrogens (tertiary/aromatic N) is 2. The molecule has 2 amide bonds. The van der Waals surface area contributed by atoms with Gasteiger partial charge in [0.1, 0.15) is 0 Å². The van der Waals surface area contributed by atoms with Gasteiger partial charge in [0.15, 0.2) is 0 Å². The Morgan fingerprint density at radius 2 is 2.00 bits per heavy atom. The Labute approximate surface area is 136 Å². The molecular formula is C17H24N4O2. The minimum atomic E-state index is -0.625. The van der Waals surface area contributed by atoms with Gasteiger partial charge in [-0.25, -0.2) is 4.79 Å². The SMILES string of the molecule is CC(C)(C)n1cc(NC(=O)NCC(O)Cc2ccccc2)cn1. The lowest BCUT2D eigenvalue weighted by molar-refractivity contribution is 0.172. The molecule has 1 aromatic carbocycles. The van der Waals surface area contributed by atoms with Crippen molar-refractivity contribution in [1.29, 1.82) is 0 Å². The second-order valence-corrected chi connectivity index (χ2v) is 6.52. The Hall–Kier alpha value is -2.34. The highest BCUT2D eigenvalue weighted by Crippen LogP contribution is 2.15. The maximum absolute atomic E-state index is 11.9. The summed E-state index contributed by atoms with van der Waals surface area (Å²) >= 11 is 0. The van der Waals surface area contributed by atoms with Crippen LogP contribution in [0.2, 0.25) is 0 Å². The zero-order valence-electron chi connectivity index (χ0n) is 13.8. The van der Waals surface area contributed by atoms with Crippen LogP contribution in [0.5, 0.6) is 0 Å². The maximum Gasteiger partial charge on any atom is 0.319 e. The number of amides is 2. The van der Waals surface area contributed by atoms with Crippen molar-refractivity contribution in [1.82, 2.24) is 15.1 Å². The van der Waals surface area contributed by atoms with Crippen LogP contribution in [0.4, 0.5) is 10.5 Å². The number of benzene rings is 1. The number of hydrogen-bond acceptors (Lipinski definition) is 3. The molecule has 0 saturated carbocycles. The fourth-order valence-corrected chi connectivity index (χ4v) is 2.10. The average molecular weight is 316 g/mol. The topological polar surface area (TPSA) is 79.2 Å². The number of nitrogens with one attached hydrogen (secondary N) is 2. The predicted molar refractivity (Wildman–Crippen MR) is 90.4 cm³/mol. The molecule has 23 heavy (non-hydrogen) atoms. The van der Waals surface area contributed by atoms with E-state index in [9.17, 15) is 9.90 Å². The number of carbonyl (C=O) groups excluding carboxylic acids is 1. The summed E-state index contributed by atoms with van der Waals surface area (Å²) in [6, 6.07) is 9.32. The Kier molecular flexibility index (Phi) is 5.39. The zero-order chi connectivity index (χ0) is 16.9. The van der Waals surface area contributed by atoms with Crippen molar-refractivity contribution in [3.63, 3.8) is 0 Å². The molecule has 2 aromatic rings. The van der Waals surface area contributed by atoms with Gasteiger partial charge < -0.3 is 15.7 Å². The fraction of sp³-hybridized carbons (Fsp3) is 0.412. The molecule has 0 spiro atoms. The summed E-state index contributed by atoms with van der Waals surface area (Å²) in [6.45, 7) is 6.28. The van der Waals surface area contributed by atoms with E-state index in [1.54, 1.807) is 17.1 Å². The van der Waals surface area contributed by atoms with Crippen LogP contribution in [-0.2, 0) is 12.0 Å².